The zero-order valence-electron chi connectivity index (χ0n) is 13.5. The minimum Gasteiger partial charge on any atom is -0.383 e. The summed E-state index contributed by atoms with van der Waals surface area (Å²) in [7, 11) is 5.00. The van der Waals surface area contributed by atoms with Gasteiger partial charge in [0.1, 0.15) is 0 Å². The second kappa shape index (κ2) is 9.23. The van der Waals surface area contributed by atoms with E-state index in [0.29, 0.717) is 13.2 Å². The van der Waals surface area contributed by atoms with Gasteiger partial charge in [-0.3, -0.25) is 9.59 Å². The molecule has 0 aromatic carbocycles. The van der Waals surface area contributed by atoms with E-state index in [-0.39, 0.29) is 30.8 Å². The molecule has 6 nitrogen and oxygen atoms in total. The van der Waals surface area contributed by atoms with Gasteiger partial charge in [0, 0.05) is 27.7 Å². The third-order valence-electron chi connectivity index (χ3n) is 3.93. The smallest absolute Gasteiger partial charge is 0.243 e. The maximum absolute atomic E-state index is 12.8. The number of likely N-dealkylation sites (N-methyl/N-ethyl adjacent to an activating group) is 1. The molecule has 1 heterocycles. The van der Waals surface area contributed by atoms with Crippen molar-refractivity contribution >= 4 is 24.2 Å². The maximum Gasteiger partial charge on any atom is 0.243 e. The van der Waals surface area contributed by atoms with E-state index in [9.17, 15) is 9.59 Å². The molecule has 1 atom stereocenters. The summed E-state index contributed by atoms with van der Waals surface area (Å²) in [6.45, 7) is 3.86. The lowest BCUT2D eigenvalue weighted by Gasteiger charge is -2.34. The molecule has 124 valence electrons. The van der Waals surface area contributed by atoms with Crippen LogP contribution in [0, 0.1) is 0 Å². The Morgan fingerprint density at radius 1 is 1.33 bits per heavy atom. The van der Waals surface area contributed by atoms with E-state index in [1.165, 1.54) is 4.90 Å². The SMILES string of the molecule is CCC1(C(=O)N(CCOC)CC(=O)N(C)C)CCCN1.Cl. The van der Waals surface area contributed by atoms with Crippen molar-refractivity contribution in [2.24, 2.45) is 0 Å². The summed E-state index contributed by atoms with van der Waals surface area (Å²) >= 11 is 0. The quantitative estimate of drug-likeness (QED) is 0.742. The van der Waals surface area contributed by atoms with Gasteiger partial charge in [0.05, 0.1) is 18.7 Å². The summed E-state index contributed by atoms with van der Waals surface area (Å²) in [4.78, 5) is 27.8. The van der Waals surface area contributed by atoms with Gasteiger partial charge in [-0.05, 0) is 25.8 Å². The Bertz CT molecular complexity index is 344. The van der Waals surface area contributed by atoms with E-state index in [1.54, 1.807) is 26.1 Å². The number of rotatable bonds is 7. The van der Waals surface area contributed by atoms with Crippen molar-refractivity contribution < 1.29 is 14.3 Å². The van der Waals surface area contributed by atoms with Gasteiger partial charge in [-0.1, -0.05) is 6.92 Å². The van der Waals surface area contributed by atoms with Gasteiger partial charge in [0.2, 0.25) is 11.8 Å². The number of carbonyl (C=O) groups is 2. The first kappa shape index (κ1) is 20.1. The number of nitrogens with one attached hydrogen (secondary N) is 1. The van der Waals surface area contributed by atoms with Crippen molar-refractivity contribution in [3.63, 3.8) is 0 Å². The van der Waals surface area contributed by atoms with Gasteiger partial charge in [-0.2, -0.15) is 0 Å². The fraction of sp³-hybridized carbons (Fsp3) is 0.857. The first-order chi connectivity index (χ1) is 9.46. The third-order valence-corrected chi connectivity index (χ3v) is 3.93. The lowest BCUT2D eigenvalue weighted by Crippen LogP contribution is -2.56. The fourth-order valence-electron chi connectivity index (χ4n) is 2.50. The second-order valence-electron chi connectivity index (χ2n) is 5.47. The van der Waals surface area contributed by atoms with Crippen molar-refractivity contribution in [2.45, 2.75) is 31.7 Å². The van der Waals surface area contributed by atoms with Gasteiger partial charge in [0.25, 0.3) is 0 Å². The van der Waals surface area contributed by atoms with Crippen LogP contribution in [-0.2, 0) is 14.3 Å². The van der Waals surface area contributed by atoms with Crippen LogP contribution in [0.15, 0.2) is 0 Å². The molecule has 2 amide bonds. The van der Waals surface area contributed by atoms with Crippen LogP contribution in [0.3, 0.4) is 0 Å². The average molecular weight is 322 g/mol. The van der Waals surface area contributed by atoms with Crippen LogP contribution < -0.4 is 5.32 Å². The highest BCUT2D eigenvalue weighted by Crippen LogP contribution is 2.25. The molecule has 0 aliphatic carbocycles. The molecule has 1 aliphatic rings. The van der Waals surface area contributed by atoms with E-state index in [0.717, 1.165) is 25.8 Å². The minimum atomic E-state index is -0.500. The topological polar surface area (TPSA) is 61.9 Å². The number of hydrogen-bond acceptors (Lipinski definition) is 4. The predicted molar refractivity (Wildman–Crippen MR) is 84.7 cm³/mol. The lowest BCUT2D eigenvalue weighted by molar-refractivity contribution is -0.144. The van der Waals surface area contributed by atoms with E-state index < -0.39 is 5.54 Å². The van der Waals surface area contributed by atoms with Crippen LogP contribution in [-0.4, -0.2) is 74.6 Å². The van der Waals surface area contributed by atoms with E-state index >= 15 is 0 Å². The largest absolute Gasteiger partial charge is 0.383 e. The molecule has 1 rings (SSSR count). The van der Waals surface area contributed by atoms with Crippen LogP contribution in [0.1, 0.15) is 26.2 Å². The number of hydrogen-bond donors (Lipinski definition) is 1. The summed E-state index contributed by atoms with van der Waals surface area (Å²) in [5.74, 6) is -0.0524. The Balaban J connectivity index is 0.00000400. The van der Waals surface area contributed by atoms with E-state index in [2.05, 4.69) is 5.32 Å². The summed E-state index contributed by atoms with van der Waals surface area (Å²) in [5, 5.41) is 3.32. The zero-order valence-corrected chi connectivity index (χ0v) is 14.3. The first-order valence-corrected chi connectivity index (χ1v) is 7.20. The summed E-state index contributed by atoms with van der Waals surface area (Å²) in [6, 6.07) is 0. The summed E-state index contributed by atoms with van der Waals surface area (Å²) < 4.78 is 5.05. The molecule has 1 unspecified atom stereocenters. The number of halogens is 1. The van der Waals surface area contributed by atoms with Crippen LogP contribution in [0.25, 0.3) is 0 Å². The van der Waals surface area contributed by atoms with Gasteiger partial charge >= 0.3 is 0 Å². The number of ether oxygens (including phenoxy) is 1. The fourth-order valence-corrected chi connectivity index (χ4v) is 2.50. The molecule has 1 aliphatic heterocycles. The standard InChI is InChI=1S/C14H27N3O3.ClH/c1-5-14(7-6-8-15-14)13(19)17(9-10-20-4)11-12(18)16(2)3;/h15H,5-11H2,1-4H3;1H. The van der Waals surface area contributed by atoms with Crippen LogP contribution in [0.5, 0.6) is 0 Å². The minimum absolute atomic E-state index is 0. The number of amides is 2. The second-order valence-corrected chi connectivity index (χ2v) is 5.47. The van der Waals surface area contributed by atoms with E-state index in [4.69, 9.17) is 4.74 Å². The number of methoxy groups -OCH3 is 1. The number of nitrogens with zero attached hydrogens (tertiary/aromatic N) is 2. The Morgan fingerprint density at radius 2 is 2.00 bits per heavy atom. The molecule has 1 N–H and O–H groups in total. The average Bonchev–Trinajstić information content (AvgIpc) is 2.92. The van der Waals surface area contributed by atoms with Gasteiger partial charge in [-0.25, -0.2) is 0 Å². The molecular formula is C14H28ClN3O3. The molecule has 7 heteroatoms. The maximum atomic E-state index is 12.8. The molecule has 0 radical (unpaired) electrons. The molecule has 0 spiro atoms. The van der Waals surface area contributed by atoms with Crippen LogP contribution in [0.4, 0.5) is 0 Å². The Hall–Kier alpha value is -0.850. The van der Waals surface area contributed by atoms with Crippen molar-refractivity contribution in [2.75, 3.05) is 47.4 Å². The molecule has 21 heavy (non-hydrogen) atoms. The van der Waals surface area contributed by atoms with Crippen molar-refractivity contribution in [1.82, 2.24) is 15.1 Å². The normalized spacial score (nSPS) is 20.8. The third kappa shape index (κ3) is 5.13. The molecular weight excluding hydrogens is 294 g/mol. The Kier molecular flexibility index (Phi) is 8.85. The molecule has 0 bridgehead atoms. The summed E-state index contributed by atoms with van der Waals surface area (Å²) in [5.41, 5.74) is -0.500. The molecule has 0 saturated carbocycles. The molecule has 0 aromatic heterocycles. The molecule has 1 saturated heterocycles. The van der Waals surface area contributed by atoms with Gasteiger partial charge in [-0.15, -0.1) is 12.4 Å². The molecule has 1 fully saturated rings. The van der Waals surface area contributed by atoms with Crippen molar-refractivity contribution in [1.29, 1.82) is 0 Å². The Labute approximate surface area is 133 Å². The first-order valence-electron chi connectivity index (χ1n) is 7.20. The van der Waals surface area contributed by atoms with Gasteiger partial charge < -0.3 is 19.9 Å². The Morgan fingerprint density at radius 3 is 2.43 bits per heavy atom. The molecule has 0 aromatic rings. The van der Waals surface area contributed by atoms with Crippen LogP contribution >= 0.6 is 12.4 Å². The highest BCUT2D eigenvalue weighted by molar-refractivity contribution is 5.90. The lowest BCUT2D eigenvalue weighted by atomic mass is 9.92. The zero-order chi connectivity index (χ0) is 15.2. The highest BCUT2D eigenvalue weighted by atomic mass is 35.5. The predicted octanol–water partition coefficient (Wildman–Crippen LogP) is 0.504. The van der Waals surface area contributed by atoms with Crippen molar-refractivity contribution in [3.05, 3.63) is 0 Å². The van der Waals surface area contributed by atoms with E-state index in [1.807, 2.05) is 6.92 Å². The van der Waals surface area contributed by atoms with Crippen molar-refractivity contribution in [3.8, 4) is 0 Å². The number of carbonyl (C=O) groups excluding carboxylic acids is 2. The highest BCUT2D eigenvalue weighted by Gasteiger charge is 2.42. The van der Waals surface area contributed by atoms with Crippen LogP contribution in [0.2, 0.25) is 0 Å². The van der Waals surface area contributed by atoms with Gasteiger partial charge in [0.15, 0.2) is 0 Å². The monoisotopic (exact) mass is 321 g/mol. The summed E-state index contributed by atoms with van der Waals surface area (Å²) in [6.07, 6.45) is 2.58.